The molecule has 4 heterocycles. The van der Waals surface area contributed by atoms with Crippen LogP contribution in [-0.4, -0.2) is 61.1 Å². The number of amides is 1. The van der Waals surface area contributed by atoms with Crippen LogP contribution < -0.4 is 4.90 Å². The van der Waals surface area contributed by atoms with E-state index >= 15 is 0 Å². The van der Waals surface area contributed by atoms with Gasteiger partial charge in [-0.1, -0.05) is 6.92 Å². The van der Waals surface area contributed by atoms with Crippen LogP contribution >= 0.6 is 11.5 Å². The van der Waals surface area contributed by atoms with Gasteiger partial charge >= 0.3 is 0 Å². The first-order chi connectivity index (χ1) is 12.7. The Morgan fingerprint density at radius 2 is 2.12 bits per heavy atom. The normalized spacial score (nSPS) is 20.8. The monoisotopic (exact) mass is 375 g/mol. The fourth-order valence-electron chi connectivity index (χ4n) is 3.77. The Morgan fingerprint density at radius 3 is 2.92 bits per heavy atom. The van der Waals surface area contributed by atoms with Gasteiger partial charge in [-0.3, -0.25) is 4.79 Å². The van der Waals surface area contributed by atoms with Gasteiger partial charge in [-0.05, 0) is 19.8 Å². The number of fused-ring (bicyclic) bond motifs is 1. The number of hydrogen-bond donors (Lipinski definition) is 0. The van der Waals surface area contributed by atoms with E-state index in [1.54, 1.807) is 0 Å². The summed E-state index contributed by atoms with van der Waals surface area (Å²) >= 11 is 1.47. The molecule has 1 amide bonds. The lowest BCUT2D eigenvalue weighted by atomic mass is 9.97. The maximum absolute atomic E-state index is 13.1. The van der Waals surface area contributed by atoms with Crippen LogP contribution in [0, 0.1) is 12.8 Å². The summed E-state index contributed by atoms with van der Waals surface area (Å²) in [5.41, 5.74) is 0. The molecule has 140 valence electrons. The van der Waals surface area contributed by atoms with Gasteiger partial charge in [-0.25, -0.2) is 4.98 Å². The van der Waals surface area contributed by atoms with Crippen molar-refractivity contribution in [3.8, 4) is 0 Å². The van der Waals surface area contributed by atoms with Crippen molar-refractivity contribution in [2.45, 2.75) is 46.1 Å². The maximum Gasteiger partial charge on any atom is 0.227 e. The van der Waals surface area contributed by atoms with Crippen LogP contribution in [0.4, 0.5) is 5.13 Å². The molecule has 0 radical (unpaired) electrons. The first-order valence-electron chi connectivity index (χ1n) is 9.40. The van der Waals surface area contributed by atoms with Gasteiger partial charge in [-0.2, -0.15) is 4.37 Å². The summed E-state index contributed by atoms with van der Waals surface area (Å²) in [4.78, 5) is 22.0. The smallest absolute Gasteiger partial charge is 0.227 e. The molecule has 1 atom stereocenters. The highest BCUT2D eigenvalue weighted by Crippen LogP contribution is 2.24. The number of hydrogen-bond acceptors (Lipinski definition) is 7. The minimum absolute atomic E-state index is 0.0389. The molecule has 0 bridgehead atoms. The SMILES string of the molecule is CCc1nsc(N2CCCN(C(=O)C3CCc4nnc(C)n4C3)CC2)n1. The summed E-state index contributed by atoms with van der Waals surface area (Å²) in [6, 6.07) is 0. The first kappa shape index (κ1) is 17.4. The summed E-state index contributed by atoms with van der Waals surface area (Å²) in [5.74, 6) is 3.14. The average Bonchev–Trinajstić information content (AvgIpc) is 3.21. The summed E-state index contributed by atoms with van der Waals surface area (Å²) in [5, 5.41) is 9.33. The predicted molar refractivity (Wildman–Crippen MR) is 99.3 cm³/mol. The van der Waals surface area contributed by atoms with Gasteiger partial charge in [0, 0.05) is 57.1 Å². The van der Waals surface area contributed by atoms with Crippen LogP contribution in [0.5, 0.6) is 0 Å². The second kappa shape index (κ2) is 7.30. The second-order valence-corrected chi connectivity index (χ2v) is 7.75. The molecule has 0 aliphatic carbocycles. The van der Waals surface area contributed by atoms with Crippen molar-refractivity contribution in [1.82, 2.24) is 29.0 Å². The second-order valence-electron chi connectivity index (χ2n) is 7.02. The molecule has 0 aromatic carbocycles. The van der Waals surface area contributed by atoms with Crippen LogP contribution in [0.25, 0.3) is 0 Å². The minimum atomic E-state index is 0.0389. The lowest BCUT2D eigenvalue weighted by Gasteiger charge is -2.29. The van der Waals surface area contributed by atoms with E-state index in [1.807, 2.05) is 11.8 Å². The third kappa shape index (κ3) is 3.32. The molecule has 0 spiro atoms. The zero-order chi connectivity index (χ0) is 18.1. The van der Waals surface area contributed by atoms with Gasteiger partial charge in [-0.15, -0.1) is 10.2 Å². The highest BCUT2D eigenvalue weighted by Gasteiger charge is 2.31. The maximum atomic E-state index is 13.1. The Balaban J connectivity index is 1.39. The number of nitrogens with zero attached hydrogens (tertiary/aromatic N) is 7. The van der Waals surface area contributed by atoms with Gasteiger partial charge in [0.25, 0.3) is 0 Å². The van der Waals surface area contributed by atoms with Crippen LogP contribution in [0.2, 0.25) is 0 Å². The molecule has 26 heavy (non-hydrogen) atoms. The standard InChI is InChI=1S/C17H25N7OS/c1-3-14-18-17(26-21-14)23-8-4-7-22(9-10-23)16(25)13-5-6-15-20-19-12(2)24(15)11-13/h13H,3-11H2,1-2H3. The van der Waals surface area contributed by atoms with E-state index in [-0.39, 0.29) is 11.8 Å². The number of anilines is 1. The van der Waals surface area contributed by atoms with Gasteiger partial charge in [0.05, 0.1) is 5.92 Å². The van der Waals surface area contributed by atoms with Crippen molar-refractivity contribution in [2.75, 3.05) is 31.1 Å². The molecular formula is C17H25N7OS. The fraction of sp³-hybridized carbons (Fsp3) is 0.706. The van der Waals surface area contributed by atoms with Crippen LogP contribution in [0.1, 0.15) is 37.2 Å². The van der Waals surface area contributed by atoms with E-state index < -0.39 is 0 Å². The zero-order valence-electron chi connectivity index (χ0n) is 15.4. The summed E-state index contributed by atoms with van der Waals surface area (Å²) in [6.07, 6.45) is 3.53. The van der Waals surface area contributed by atoms with Gasteiger partial charge in [0.1, 0.15) is 17.5 Å². The van der Waals surface area contributed by atoms with Crippen molar-refractivity contribution < 1.29 is 4.79 Å². The molecule has 2 aromatic rings. The molecule has 2 aliphatic heterocycles. The highest BCUT2D eigenvalue weighted by atomic mass is 32.1. The molecule has 1 fully saturated rings. The first-order valence-corrected chi connectivity index (χ1v) is 10.2. The number of carbonyl (C=O) groups excluding carboxylic acids is 1. The summed E-state index contributed by atoms with van der Waals surface area (Å²) < 4.78 is 6.49. The minimum Gasteiger partial charge on any atom is -0.345 e. The van der Waals surface area contributed by atoms with E-state index in [9.17, 15) is 4.79 Å². The van der Waals surface area contributed by atoms with E-state index in [2.05, 4.69) is 35.9 Å². The van der Waals surface area contributed by atoms with Gasteiger partial charge in [0.2, 0.25) is 11.0 Å². The van der Waals surface area contributed by atoms with Gasteiger partial charge in [0.15, 0.2) is 0 Å². The Morgan fingerprint density at radius 1 is 1.23 bits per heavy atom. The predicted octanol–water partition coefficient (Wildman–Crippen LogP) is 1.30. The molecule has 1 unspecified atom stereocenters. The third-order valence-corrected chi connectivity index (χ3v) is 6.15. The zero-order valence-corrected chi connectivity index (χ0v) is 16.2. The third-order valence-electron chi connectivity index (χ3n) is 5.33. The van der Waals surface area contributed by atoms with Crippen molar-refractivity contribution in [3.05, 3.63) is 17.5 Å². The van der Waals surface area contributed by atoms with Crippen LogP contribution in [0.15, 0.2) is 0 Å². The number of aryl methyl sites for hydroxylation is 3. The van der Waals surface area contributed by atoms with Crippen molar-refractivity contribution in [1.29, 1.82) is 0 Å². The van der Waals surface area contributed by atoms with Crippen LogP contribution in [-0.2, 0) is 24.2 Å². The van der Waals surface area contributed by atoms with Gasteiger partial charge < -0.3 is 14.4 Å². The van der Waals surface area contributed by atoms with E-state index in [1.165, 1.54) is 11.5 Å². The number of rotatable bonds is 3. The largest absolute Gasteiger partial charge is 0.345 e. The van der Waals surface area contributed by atoms with E-state index in [0.29, 0.717) is 6.54 Å². The molecular weight excluding hydrogens is 350 g/mol. The Labute approximate surface area is 157 Å². The average molecular weight is 376 g/mol. The molecule has 2 aliphatic rings. The molecule has 9 heteroatoms. The molecule has 0 saturated carbocycles. The Kier molecular flexibility index (Phi) is 4.88. The molecule has 1 saturated heterocycles. The lowest BCUT2D eigenvalue weighted by Crippen LogP contribution is -2.41. The topological polar surface area (TPSA) is 80.0 Å². The molecule has 2 aromatic heterocycles. The van der Waals surface area contributed by atoms with Crippen molar-refractivity contribution in [2.24, 2.45) is 5.92 Å². The molecule has 4 rings (SSSR count). The molecule has 0 N–H and O–H groups in total. The van der Waals surface area contributed by atoms with Crippen LogP contribution in [0.3, 0.4) is 0 Å². The quantitative estimate of drug-likeness (QED) is 0.805. The van der Waals surface area contributed by atoms with E-state index in [0.717, 1.165) is 74.5 Å². The fourth-order valence-corrected chi connectivity index (χ4v) is 4.57. The summed E-state index contributed by atoms with van der Waals surface area (Å²) in [7, 11) is 0. The summed E-state index contributed by atoms with van der Waals surface area (Å²) in [6.45, 7) is 8.07. The van der Waals surface area contributed by atoms with E-state index in [4.69, 9.17) is 0 Å². The lowest BCUT2D eigenvalue weighted by molar-refractivity contribution is -0.136. The Bertz CT molecular complexity index is 786. The number of carbonyl (C=O) groups is 1. The Hall–Kier alpha value is -2.03. The highest BCUT2D eigenvalue weighted by molar-refractivity contribution is 7.09. The van der Waals surface area contributed by atoms with Crippen molar-refractivity contribution >= 4 is 22.6 Å². The number of aromatic nitrogens is 5. The van der Waals surface area contributed by atoms with Crippen molar-refractivity contribution in [3.63, 3.8) is 0 Å². The molecule has 8 nitrogen and oxygen atoms in total.